The molecule has 1 fully saturated rings. The zero-order valence-electron chi connectivity index (χ0n) is 11.5. The molecule has 1 aliphatic heterocycles. The van der Waals surface area contributed by atoms with Crippen molar-refractivity contribution in [3.05, 3.63) is 35.4 Å². The minimum atomic E-state index is 0.866. The predicted molar refractivity (Wildman–Crippen MR) is 77.7 cm³/mol. The van der Waals surface area contributed by atoms with Gasteiger partial charge >= 0.3 is 0 Å². The van der Waals surface area contributed by atoms with Crippen molar-refractivity contribution in [1.29, 1.82) is 0 Å². The second-order valence-corrected chi connectivity index (χ2v) is 5.39. The van der Waals surface area contributed by atoms with Crippen molar-refractivity contribution < 1.29 is 0 Å². The van der Waals surface area contributed by atoms with Crippen LogP contribution in [0.4, 0.5) is 0 Å². The highest BCUT2D eigenvalue weighted by atomic mass is 14.9. The Morgan fingerprint density at radius 1 is 1.11 bits per heavy atom. The lowest BCUT2D eigenvalue weighted by Crippen LogP contribution is -2.33. The molecular weight excluding hydrogens is 220 g/mol. The Morgan fingerprint density at radius 3 is 2.44 bits per heavy atom. The summed E-state index contributed by atoms with van der Waals surface area (Å²) in [5, 5.41) is 7.01. The van der Waals surface area contributed by atoms with Crippen molar-refractivity contribution in [3.8, 4) is 0 Å². The summed E-state index contributed by atoms with van der Waals surface area (Å²) >= 11 is 0. The molecule has 0 saturated carbocycles. The Balaban J connectivity index is 1.69. The minimum absolute atomic E-state index is 0.866. The van der Waals surface area contributed by atoms with Gasteiger partial charge in [0.2, 0.25) is 0 Å². The van der Waals surface area contributed by atoms with Crippen LogP contribution in [-0.4, -0.2) is 19.6 Å². The summed E-state index contributed by atoms with van der Waals surface area (Å²) in [6.07, 6.45) is 5.07. The van der Waals surface area contributed by atoms with Gasteiger partial charge in [0.15, 0.2) is 0 Å². The van der Waals surface area contributed by atoms with E-state index in [-0.39, 0.29) is 0 Å². The molecular formula is C16H26N2. The highest BCUT2D eigenvalue weighted by Gasteiger charge is 2.11. The van der Waals surface area contributed by atoms with Crippen molar-refractivity contribution in [1.82, 2.24) is 10.6 Å². The van der Waals surface area contributed by atoms with Crippen molar-refractivity contribution in [3.63, 3.8) is 0 Å². The summed E-state index contributed by atoms with van der Waals surface area (Å²) in [6, 6.07) is 9.07. The molecule has 0 atom stereocenters. The van der Waals surface area contributed by atoms with E-state index in [2.05, 4.69) is 41.8 Å². The Bertz CT molecular complexity index is 325. The van der Waals surface area contributed by atoms with Crippen LogP contribution in [0.25, 0.3) is 0 Å². The zero-order valence-corrected chi connectivity index (χ0v) is 11.5. The van der Waals surface area contributed by atoms with Gasteiger partial charge < -0.3 is 10.6 Å². The monoisotopic (exact) mass is 246 g/mol. The number of rotatable bonds is 6. The van der Waals surface area contributed by atoms with Crippen LogP contribution in [0.3, 0.4) is 0 Å². The van der Waals surface area contributed by atoms with Gasteiger partial charge in [0, 0.05) is 6.54 Å². The quantitative estimate of drug-likeness (QED) is 0.806. The Hall–Kier alpha value is -0.860. The summed E-state index contributed by atoms with van der Waals surface area (Å²) in [5.74, 6) is 0.866. The Labute approximate surface area is 111 Å². The normalized spacial score (nSPS) is 16.9. The van der Waals surface area contributed by atoms with Gasteiger partial charge in [-0.15, -0.1) is 0 Å². The summed E-state index contributed by atoms with van der Waals surface area (Å²) in [6.45, 7) is 6.79. The molecule has 2 rings (SSSR count). The van der Waals surface area contributed by atoms with Crippen molar-refractivity contribution in [2.24, 2.45) is 5.92 Å². The van der Waals surface area contributed by atoms with Gasteiger partial charge in [-0.3, -0.25) is 0 Å². The Kier molecular flexibility index (Phi) is 5.69. The lowest BCUT2D eigenvalue weighted by molar-refractivity contribution is 0.356. The molecule has 0 radical (unpaired) electrons. The number of nitrogens with one attached hydrogen (secondary N) is 2. The first-order chi connectivity index (χ1) is 8.88. The molecule has 1 heterocycles. The van der Waals surface area contributed by atoms with E-state index >= 15 is 0 Å². The molecule has 1 aromatic rings. The van der Waals surface area contributed by atoms with Crippen LogP contribution >= 0.6 is 0 Å². The fraction of sp³-hybridized carbons (Fsp3) is 0.625. The van der Waals surface area contributed by atoms with Gasteiger partial charge in [0.1, 0.15) is 0 Å². The lowest BCUT2D eigenvalue weighted by Gasteiger charge is -2.22. The summed E-state index contributed by atoms with van der Waals surface area (Å²) in [5.41, 5.74) is 2.86. The average molecular weight is 246 g/mol. The van der Waals surface area contributed by atoms with E-state index in [4.69, 9.17) is 0 Å². The van der Waals surface area contributed by atoms with Gasteiger partial charge in [-0.25, -0.2) is 0 Å². The molecule has 0 aliphatic carbocycles. The second-order valence-electron chi connectivity index (χ2n) is 5.39. The zero-order chi connectivity index (χ0) is 12.6. The van der Waals surface area contributed by atoms with Gasteiger partial charge in [-0.05, 0) is 55.9 Å². The van der Waals surface area contributed by atoms with Crippen LogP contribution < -0.4 is 10.6 Å². The van der Waals surface area contributed by atoms with Gasteiger partial charge in [-0.1, -0.05) is 37.6 Å². The molecule has 1 aromatic carbocycles. The van der Waals surface area contributed by atoms with E-state index in [9.17, 15) is 0 Å². The summed E-state index contributed by atoms with van der Waals surface area (Å²) in [4.78, 5) is 0. The van der Waals surface area contributed by atoms with Crippen molar-refractivity contribution in [2.45, 2.75) is 39.2 Å². The van der Waals surface area contributed by atoms with Crippen LogP contribution in [0.2, 0.25) is 0 Å². The Morgan fingerprint density at radius 2 is 1.78 bits per heavy atom. The van der Waals surface area contributed by atoms with Crippen LogP contribution in [0.5, 0.6) is 0 Å². The second kappa shape index (κ2) is 7.55. The molecule has 0 unspecified atom stereocenters. The van der Waals surface area contributed by atoms with E-state index in [1.54, 1.807) is 0 Å². The standard InChI is InChI=1S/C16H26N2/c1-2-3-14-4-6-15(7-5-14)12-18-13-16-8-10-17-11-9-16/h4-7,16-18H,2-3,8-13H2,1H3. The highest BCUT2D eigenvalue weighted by molar-refractivity contribution is 5.22. The van der Waals surface area contributed by atoms with Gasteiger partial charge in [0.05, 0.1) is 0 Å². The van der Waals surface area contributed by atoms with Crippen LogP contribution in [-0.2, 0) is 13.0 Å². The average Bonchev–Trinajstić information content (AvgIpc) is 2.42. The molecule has 0 aromatic heterocycles. The number of aryl methyl sites for hydroxylation is 1. The van der Waals surface area contributed by atoms with Crippen molar-refractivity contribution in [2.75, 3.05) is 19.6 Å². The molecule has 0 amide bonds. The molecule has 2 nitrogen and oxygen atoms in total. The fourth-order valence-corrected chi connectivity index (χ4v) is 2.62. The predicted octanol–water partition coefficient (Wildman–Crippen LogP) is 2.73. The van der Waals surface area contributed by atoms with Crippen LogP contribution in [0.15, 0.2) is 24.3 Å². The van der Waals surface area contributed by atoms with Gasteiger partial charge in [-0.2, -0.15) is 0 Å². The first kappa shape index (κ1) is 13.6. The highest BCUT2D eigenvalue weighted by Crippen LogP contribution is 2.11. The van der Waals surface area contributed by atoms with E-state index in [1.165, 1.54) is 56.4 Å². The number of hydrogen-bond acceptors (Lipinski definition) is 2. The molecule has 0 spiro atoms. The fourth-order valence-electron chi connectivity index (χ4n) is 2.62. The lowest BCUT2D eigenvalue weighted by atomic mass is 9.98. The third-order valence-corrected chi connectivity index (χ3v) is 3.78. The maximum atomic E-state index is 3.60. The SMILES string of the molecule is CCCc1ccc(CNCC2CCNCC2)cc1. The van der Waals surface area contributed by atoms with Crippen molar-refractivity contribution >= 4 is 0 Å². The largest absolute Gasteiger partial charge is 0.317 e. The first-order valence-electron chi connectivity index (χ1n) is 7.37. The number of benzene rings is 1. The van der Waals surface area contributed by atoms with E-state index in [1.807, 2.05) is 0 Å². The van der Waals surface area contributed by atoms with E-state index in [0.717, 1.165) is 12.5 Å². The molecule has 100 valence electrons. The first-order valence-corrected chi connectivity index (χ1v) is 7.37. The maximum Gasteiger partial charge on any atom is 0.0205 e. The molecule has 0 bridgehead atoms. The third kappa shape index (κ3) is 4.43. The molecule has 18 heavy (non-hydrogen) atoms. The smallest absolute Gasteiger partial charge is 0.0205 e. The molecule has 1 saturated heterocycles. The maximum absolute atomic E-state index is 3.60. The topological polar surface area (TPSA) is 24.1 Å². The van der Waals surface area contributed by atoms with E-state index in [0.29, 0.717) is 0 Å². The van der Waals surface area contributed by atoms with Crippen LogP contribution in [0.1, 0.15) is 37.3 Å². The van der Waals surface area contributed by atoms with E-state index < -0.39 is 0 Å². The number of hydrogen-bond donors (Lipinski definition) is 2. The molecule has 2 N–H and O–H groups in total. The van der Waals surface area contributed by atoms with Crippen LogP contribution in [0, 0.1) is 5.92 Å². The molecule has 1 aliphatic rings. The summed E-state index contributed by atoms with van der Waals surface area (Å²) in [7, 11) is 0. The summed E-state index contributed by atoms with van der Waals surface area (Å²) < 4.78 is 0. The van der Waals surface area contributed by atoms with Gasteiger partial charge in [0.25, 0.3) is 0 Å². The number of piperidine rings is 1. The molecule has 2 heteroatoms. The third-order valence-electron chi connectivity index (χ3n) is 3.78. The minimum Gasteiger partial charge on any atom is -0.317 e.